The van der Waals surface area contributed by atoms with Gasteiger partial charge in [-0.15, -0.1) is 11.3 Å². The van der Waals surface area contributed by atoms with Crippen molar-refractivity contribution in [3.8, 4) is 5.75 Å². The lowest BCUT2D eigenvalue weighted by molar-refractivity contribution is -0.122. The molecule has 29 heavy (non-hydrogen) atoms. The van der Waals surface area contributed by atoms with Gasteiger partial charge in [0, 0.05) is 6.54 Å². The van der Waals surface area contributed by atoms with Crippen molar-refractivity contribution in [3.63, 3.8) is 0 Å². The third-order valence-corrected chi connectivity index (χ3v) is 6.11. The Morgan fingerprint density at radius 2 is 2.10 bits per heavy atom. The minimum absolute atomic E-state index is 0.0308. The van der Waals surface area contributed by atoms with Crippen molar-refractivity contribution >= 4 is 33.3 Å². The highest BCUT2D eigenvalue weighted by Crippen LogP contribution is 2.31. The zero-order valence-corrected chi connectivity index (χ0v) is 17.6. The molecule has 6 nitrogen and oxygen atoms in total. The lowest BCUT2D eigenvalue weighted by Gasteiger charge is -2.25. The van der Waals surface area contributed by atoms with Crippen molar-refractivity contribution < 1.29 is 9.53 Å². The van der Waals surface area contributed by atoms with Gasteiger partial charge in [-0.3, -0.25) is 4.79 Å². The lowest BCUT2D eigenvalue weighted by atomic mass is 10.0. The van der Waals surface area contributed by atoms with E-state index in [4.69, 9.17) is 4.74 Å². The van der Waals surface area contributed by atoms with Gasteiger partial charge >= 0.3 is 0 Å². The summed E-state index contributed by atoms with van der Waals surface area (Å²) in [5, 5.41) is 6.05. The Hall–Kier alpha value is -2.67. The number of ether oxygens (including phenoxy) is 1. The molecule has 1 amide bonds. The molecular weight excluding hydrogens is 384 g/mol. The number of nitrogens with zero attached hydrogens (tertiary/aromatic N) is 3. The number of hydrogen-bond donors (Lipinski definition) is 1. The van der Waals surface area contributed by atoms with E-state index in [1.54, 1.807) is 17.7 Å². The monoisotopic (exact) mass is 410 g/mol. The number of anilines is 1. The highest BCUT2D eigenvalue weighted by Gasteiger charge is 2.32. The summed E-state index contributed by atoms with van der Waals surface area (Å²) >= 11 is 1.59. The molecular formula is C22H26N4O2S. The Labute approximate surface area is 174 Å². The number of benzene rings is 1. The van der Waals surface area contributed by atoms with E-state index in [0.29, 0.717) is 19.1 Å². The quantitative estimate of drug-likeness (QED) is 0.597. The summed E-state index contributed by atoms with van der Waals surface area (Å²) in [5.74, 6) is 2.22. The second-order valence-electron chi connectivity index (χ2n) is 7.55. The maximum Gasteiger partial charge on any atom is 0.242 e. The first-order valence-electron chi connectivity index (χ1n) is 10.1. The van der Waals surface area contributed by atoms with Crippen LogP contribution in [0.4, 0.5) is 5.82 Å². The fourth-order valence-electron chi connectivity index (χ4n) is 3.71. The van der Waals surface area contributed by atoms with Gasteiger partial charge in [-0.25, -0.2) is 9.97 Å². The van der Waals surface area contributed by atoms with Gasteiger partial charge in [0.05, 0.1) is 11.9 Å². The second-order valence-corrected chi connectivity index (χ2v) is 8.45. The Bertz CT molecular complexity index is 970. The zero-order chi connectivity index (χ0) is 20.2. The van der Waals surface area contributed by atoms with Gasteiger partial charge in [0.2, 0.25) is 5.91 Å². The molecule has 7 heteroatoms. The van der Waals surface area contributed by atoms with E-state index in [2.05, 4.69) is 46.2 Å². The van der Waals surface area contributed by atoms with E-state index >= 15 is 0 Å². The van der Waals surface area contributed by atoms with Crippen molar-refractivity contribution in [2.75, 3.05) is 24.6 Å². The Balaban J connectivity index is 1.31. The van der Waals surface area contributed by atoms with E-state index in [1.165, 1.54) is 5.56 Å². The first-order valence-corrected chi connectivity index (χ1v) is 11.0. The van der Waals surface area contributed by atoms with Crippen LogP contribution in [0.25, 0.3) is 10.2 Å². The molecule has 0 spiro atoms. The van der Waals surface area contributed by atoms with Crippen molar-refractivity contribution in [2.24, 2.45) is 0 Å². The third kappa shape index (κ3) is 4.34. The number of rotatable bonds is 7. The largest absolute Gasteiger partial charge is 0.492 e. The summed E-state index contributed by atoms with van der Waals surface area (Å²) in [7, 11) is 0. The molecule has 152 valence electrons. The average molecular weight is 411 g/mol. The fourth-order valence-corrected chi connectivity index (χ4v) is 4.44. The van der Waals surface area contributed by atoms with Crippen LogP contribution in [0.1, 0.15) is 38.2 Å². The SMILES string of the molecule is CC(C)c1ccc(OCCNC(=O)C2CCCN2c2ncnc3sccc23)cc1. The maximum atomic E-state index is 12.8. The predicted octanol–water partition coefficient (Wildman–Crippen LogP) is 3.98. The Morgan fingerprint density at radius 3 is 2.90 bits per heavy atom. The van der Waals surface area contributed by atoms with Gasteiger partial charge in [0.15, 0.2) is 0 Å². The van der Waals surface area contributed by atoms with Crippen molar-refractivity contribution in [2.45, 2.75) is 38.6 Å². The molecule has 1 saturated heterocycles. The molecule has 0 radical (unpaired) electrons. The van der Waals surface area contributed by atoms with Gasteiger partial charge < -0.3 is 15.0 Å². The van der Waals surface area contributed by atoms with Crippen molar-refractivity contribution in [1.82, 2.24) is 15.3 Å². The topological polar surface area (TPSA) is 67.3 Å². The molecule has 2 aromatic heterocycles. The molecule has 4 rings (SSSR count). The molecule has 1 atom stereocenters. The number of thiophene rings is 1. The summed E-state index contributed by atoms with van der Waals surface area (Å²) in [6.45, 7) is 6.10. The normalized spacial score (nSPS) is 16.5. The van der Waals surface area contributed by atoms with Crippen LogP contribution in [-0.2, 0) is 4.79 Å². The van der Waals surface area contributed by atoms with Crippen LogP contribution in [0.2, 0.25) is 0 Å². The average Bonchev–Trinajstić information content (AvgIpc) is 3.40. The minimum atomic E-state index is -0.196. The Morgan fingerprint density at radius 1 is 1.28 bits per heavy atom. The molecule has 0 saturated carbocycles. The van der Waals surface area contributed by atoms with E-state index < -0.39 is 0 Å². The molecule has 1 unspecified atom stereocenters. The van der Waals surface area contributed by atoms with Crippen LogP contribution >= 0.6 is 11.3 Å². The molecule has 3 aromatic rings. The number of carbonyl (C=O) groups is 1. The number of amides is 1. The number of carbonyl (C=O) groups excluding carboxylic acids is 1. The van der Waals surface area contributed by atoms with Gasteiger partial charge in [-0.2, -0.15) is 0 Å². The number of aromatic nitrogens is 2. The Kier molecular flexibility index (Phi) is 5.94. The predicted molar refractivity (Wildman–Crippen MR) is 117 cm³/mol. The maximum absolute atomic E-state index is 12.8. The molecule has 1 N–H and O–H groups in total. The minimum Gasteiger partial charge on any atom is -0.492 e. The first kappa shape index (κ1) is 19.6. The van der Waals surface area contributed by atoms with E-state index in [-0.39, 0.29) is 11.9 Å². The van der Waals surface area contributed by atoms with Crippen LogP contribution in [0.15, 0.2) is 42.0 Å². The van der Waals surface area contributed by atoms with E-state index in [9.17, 15) is 4.79 Å². The van der Waals surface area contributed by atoms with Gasteiger partial charge in [0.1, 0.15) is 35.4 Å². The van der Waals surface area contributed by atoms with E-state index in [0.717, 1.165) is 41.2 Å². The smallest absolute Gasteiger partial charge is 0.242 e. The summed E-state index contributed by atoms with van der Waals surface area (Å²) in [6.07, 6.45) is 3.39. The van der Waals surface area contributed by atoms with Crippen molar-refractivity contribution in [3.05, 3.63) is 47.6 Å². The van der Waals surface area contributed by atoms with Crippen LogP contribution in [0.3, 0.4) is 0 Å². The summed E-state index contributed by atoms with van der Waals surface area (Å²) in [6, 6.07) is 9.97. The highest BCUT2D eigenvalue weighted by molar-refractivity contribution is 7.16. The summed E-state index contributed by atoms with van der Waals surface area (Å²) in [4.78, 5) is 24.6. The standard InChI is InChI=1S/C22H26N4O2S/c1-15(2)16-5-7-17(8-6-16)28-12-10-23-21(27)19-4-3-11-26(19)20-18-9-13-29-22(18)25-14-24-20/h5-9,13-15,19H,3-4,10-12H2,1-2H3,(H,23,27). The van der Waals surface area contributed by atoms with Crippen LogP contribution in [-0.4, -0.2) is 41.6 Å². The molecule has 1 fully saturated rings. The molecule has 1 aliphatic heterocycles. The van der Waals surface area contributed by atoms with Crippen LogP contribution in [0.5, 0.6) is 5.75 Å². The number of nitrogens with one attached hydrogen (secondary N) is 1. The second kappa shape index (κ2) is 8.78. The molecule has 3 heterocycles. The van der Waals surface area contributed by atoms with Crippen LogP contribution in [0, 0.1) is 0 Å². The summed E-state index contributed by atoms with van der Waals surface area (Å²) in [5.41, 5.74) is 1.29. The fraction of sp³-hybridized carbons (Fsp3) is 0.409. The zero-order valence-electron chi connectivity index (χ0n) is 16.8. The molecule has 1 aliphatic rings. The summed E-state index contributed by atoms with van der Waals surface area (Å²) < 4.78 is 5.76. The molecule has 1 aromatic carbocycles. The van der Waals surface area contributed by atoms with E-state index in [1.807, 2.05) is 23.6 Å². The van der Waals surface area contributed by atoms with Crippen LogP contribution < -0.4 is 15.0 Å². The molecule has 0 bridgehead atoms. The van der Waals surface area contributed by atoms with Gasteiger partial charge in [0.25, 0.3) is 0 Å². The number of fused-ring (bicyclic) bond motifs is 1. The number of hydrogen-bond acceptors (Lipinski definition) is 6. The first-order chi connectivity index (χ1) is 14.1. The van der Waals surface area contributed by atoms with Crippen molar-refractivity contribution in [1.29, 1.82) is 0 Å². The molecule has 0 aliphatic carbocycles. The van der Waals surface area contributed by atoms with Gasteiger partial charge in [-0.05, 0) is 47.9 Å². The third-order valence-electron chi connectivity index (χ3n) is 5.28. The highest BCUT2D eigenvalue weighted by atomic mass is 32.1. The lowest BCUT2D eigenvalue weighted by Crippen LogP contribution is -2.44. The van der Waals surface area contributed by atoms with Gasteiger partial charge in [-0.1, -0.05) is 26.0 Å².